The largest absolute Gasteiger partial charge is 0.459 e. The highest BCUT2D eigenvalue weighted by Crippen LogP contribution is 2.29. The lowest BCUT2D eigenvalue weighted by Crippen LogP contribution is -2.42. The predicted molar refractivity (Wildman–Crippen MR) is 88.4 cm³/mol. The van der Waals surface area contributed by atoms with Gasteiger partial charge in [0.2, 0.25) is 0 Å². The first-order valence-corrected chi connectivity index (χ1v) is 8.50. The number of aliphatic hydroxyl groups is 1. The van der Waals surface area contributed by atoms with Gasteiger partial charge in [0.15, 0.2) is 0 Å². The first kappa shape index (κ1) is 15.1. The third-order valence-corrected chi connectivity index (χ3v) is 4.94. The van der Waals surface area contributed by atoms with E-state index in [9.17, 15) is 5.11 Å². The molecule has 21 heavy (non-hydrogen) atoms. The Labute approximate surface area is 133 Å². The van der Waals surface area contributed by atoms with Crippen molar-refractivity contribution in [3.05, 3.63) is 34.5 Å². The monoisotopic (exact) mass is 351 g/mol. The van der Waals surface area contributed by atoms with Crippen LogP contribution in [0.5, 0.6) is 0 Å². The molecule has 0 bridgehead atoms. The van der Waals surface area contributed by atoms with Crippen LogP contribution in [0.3, 0.4) is 0 Å². The molecule has 1 aromatic heterocycles. The number of halogens is 1. The topological polar surface area (TPSA) is 45.4 Å². The molecule has 0 saturated heterocycles. The SMILES string of the molecule is CC(NCC1(O)CCCCC1)c1cc2cc(Br)ccc2o1. The minimum absolute atomic E-state index is 0.0992. The lowest BCUT2D eigenvalue weighted by molar-refractivity contribution is 0.00259. The molecule has 2 aromatic rings. The average Bonchev–Trinajstić information content (AvgIpc) is 2.88. The molecule has 3 nitrogen and oxygen atoms in total. The van der Waals surface area contributed by atoms with Crippen molar-refractivity contribution in [3.8, 4) is 0 Å². The van der Waals surface area contributed by atoms with E-state index in [1.165, 1.54) is 6.42 Å². The summed E-state index contributed by atoms with van der Waals surface area (Å²) in [5, 5.41) is 15.1. The van der Waals surface area contributed by atoms with Crippen molar-refractivity contribution in [3.63, 3.8) is 0 Å². The summed E-state index contributed by atoms with van der Waals surface area (Å²) in [6.45, 7) is 2.72. The predicted octanol–water partition coefficient (Wildman–Crippen LogP) is 4.54. The lowest BCUT2D eigenvalue weighted by Gasteiger charge is -2.33. The molecular weight excluding hydrogens is 330 g/mol. The van der Waals surface area contributed by atoms with Crippen LogP contribution in [0.25, 0.3) is 11.0 Å². The molecule has 1 saturated carbocycles. The molecule has 114 valence electrons. The standard InChI is InChI=1S/C17H22BrNO2/c1-12(19-11-17(20)7-3-2-4-8-17)16-10-13-9-14(18)5-6-15(13)21-16/h5-6,9-10,12,19-20H,2-4,7-8,11H2,1H3. The first-order chi connectivity index (χ1) is 10.1. The van der Waals surface area contributed by atoms with Gasteiger partial charge >= 0.3 is 0 Å². The molecule has 1 fully saturated rings. The maximum atomic E-state index is 10.5. The van der Waals surface area contributed by atoms with Crippen molar-refractivity contribution < 1.29 is 9.52 Å². The highest BCUT2D eigenvalue weighted by Gasteiger charge is 2.29. The van der Waals surface area contributed by atoms with Gasteiger partial charge in [-0.2, -0.15) is 0 Å². The van der Waals surface area contributed by atoms with Gasteiger partial charge in [0, 0.05) is 16.4 Å². The fourth-order valence-electron chi connectivity index (χ4n) is 3.08. The van der Waals surface area contributed by atoms with Crippen LogP contribution in [0.1, 0.15) is 50.8 Å². The van der Waals surface area contributed by atoms with E-state index in [-0.39, 0.29) is 6.04 Å². The molecule has 1 aromatic carbocycles. The van der Waals surface area contributed by atoms with Crippen LogP contribution >= 0.6 is 15.9 Å². The summed E-state index contributed by atoms with van der Waals surface area (Å²) in [6, 6.07) is 8.19. The second kappa shape index (κ2) is 6.11. The fourth-order valence-corrected chi connectivity index (χ4v) is 3.46. The number of furan rings is 1. The third-order valence-electron chi connectivity index (χ3n) is 4.45. The highest BCUT2D eigenvalue weighted by molar-refractivity contribution is 9.10. The van der Waals surface area contributed by atoms with E-state index < -0.39 is 5.60 Å². The van der Waals surface area contributed by atoms with E-state index in [1.807, 2.05) is 12.1 Å². The minimum atomic E-state index is -0.540. The zero-order valence-electron chi connectivity index (χ0n) is 12.4. The summed E-state index contributed by atoms with van der Waals surface area (Å²) >= 11 is 3.48. The van der Waals surface area contributed by atoms with Crippen molar-refractivity contribution in [2.45, 2.75) is 50.7 Å². The Hall–Kier alpha value is -0.840. The molecular formula is C17H22BrNO2. The van der Waals surface area contributed by atoms with Crippen LogP contribution in [-0.2, 0) is 0 Å². The van der Waals surface area contributed by atoms with E-state index in [2.05, 4.69) is 40.3 Å². The van der Waals surface area contributed by atoms with Gasteiger partial charge in [-0.3, -0.25) is 0 Å². The van der Waals surface area contributed by atoms with Crippen LogP contribution in [0.15, 0.2) is 33.2 Å². The normalized spacial score (nSPS) is 19.8. The average molecular weight is 352 g/mol. The molecule has 2 N–H and O–H groups in total. The van der Waals surface area contributed by atoms with Crippen molar-refractivity contribution in [2.75, 3.05) is 6.54 Å². The quantitative estimate of drug-likeness (QED) is 0.849. The van der Waals surface area contributed by atoms with Gasteiger partial charge in [-0.1, -0.05) is 35.2 Å². The summed E-state index contributed by atoms with van der Waals surface area (Å²) in [6.07, 6.45) is 5.31. The molecule has 1 unspecified atom stereocenters. The van der Waals surface area contributed by atoms with E-state index in [1.54, 1.807) is 0 Å². The third kappa shape index (κ3) is 3.50. The second-order valence-electron chi connectivity index (χ2n) is 6.22. The van der Waals surface area contributed by atoms with Crippen molar-refractivity contribution in [2.24, 2.45) is 0 Å². The van der Waals surface area contributed by atoms with E-state index >= 15 is 0 Å². The van der Waals surface area contributed by atoms with Gasteiger partial charge in [-0.15, -0.1) is 0 Å². The summed E-state index contributed by atoms with van der Waals surface area (Å²) in [5.41, 5.74) is 0.361. The van der Waals surface area contributed by atoms with Gasteiger partial charge < -0.3 is 14.8 Å². The van der Waals surface area contributed by atoms with Crippen molar-refractivity contribution in [1.82, 2.24) is 5.32 Å². The second-order valence-corrected chi connectivity index (χ2v) is 7.13. The van der Waals surface area contributed by atoms with Crippen LogP contribution in [0.4, 0.5) is 0 Å². The van der Waals surface area contributed by atoms with Gasteiger partial charge in [0.25, 0.3) is 0 Å². The molecule has 0 spiro atoms. The Morgan fingerprint density at radius 2 is 2.05 bits per heavy atom. The van der Waals surface area contributed by atoms with Crippen LogP contribution in [0.2, 0.25) is 0 Å². The van der Waals surface area contributed by atoms with E-state index in [0.29, 0.717) is 6.54 Å². The van der Waals surface area contributed by atoms with Crippen LogP contribution < -0.4 is 5.32 Å². The van der Waals surface area contributed by atoms with Gasteiger partial charge in [0.05, 0.1) is 11.6 Å². The summed E-state index contributed by atoms with van der Waals surface area (Å²) in [7, 11) is 0. The molecule has 1 aliphatic rings. The van der Waals surface area contributed by atoms with Crippen molar-refractivity contribution >= 4 is 26.9 Å². The molecule has 1 atom stereocenters. The van der Waals surface area contributed by atoms with Crippen LogP contribution in [0, 0.1) is 0 Å². The zero-order chi connectivity index (χ0) is 14.9. The molecule has 4 heteroatoms. The number of hydrogen-bond acceptors (Lipinski definition) is 3. The summed E-state index contributed by atoms with van der Waals surface area (Å²) < 4.78 is 6.95. The maximum Gasteiger partial charge on any atom is 0.134 e. The number of rotatable bonds is 4. The molecule has 1 heterocycles. The van der Waals surface area contributed by atoms with Crippen LogP contribution in [-0.4, -0.2) is 17.3 Å². The Kier molecular flexibility index (Phi) is 4.38. The molecule has 0 amide bonds. The van der Waals surface area contributed by atoms with E-state index in [0.717, 1.165) is 46.9 Å². The highest BCUT2D eigenvalue weighted by atomic mass is 79.9. The molecule has 0 aliphatic heterocycles. The number of nitrogens with one attached hydrogen (secondary N) is 1. The number of benzene rings is 1. The lowest BCUT2D eigenvalue weighted by atomic mass is 9.85. The Morgan fingerprint density at radius 1 is 1.29 bits per heavy atom. The van der Waals surface area contributed by atoms with Gasteiger partial charge in [0.1, 0.15) is 11.3 Å². The number of hydrogen-bond donors (Lipinski definition) is 2. The molecule has 3 rings (SSSR count). The minimum Gasteiger partial charge on any atom is -0.459 e. The summed E-state index contributed by atoms with van der Waals surface area (Å²) in [4.78, 5) is 0. The number of fused-ring (bicyclic) bond motifs is 1. The van der Waals surface area contributed by atoms with Crippen molar-refractivity contribution in [1.29, 1.82) is 0 Å². The van der Waals surface area contributed by atoms with E-state index in [4.69, 9.17) is 4.42 Å². The molecule has 0 radical (unpaired) electrons. The fraction of sp³-hybridized carbons (Fsp3) is 0.529. The van der Waals surface area contributed by atoms with Gasteiger partial charge in [-0.25, -0.2) is 0 Å². The zero-order valence-corrected chi connectivity index (χ0v) is 13.9. The smallest absolute Gasteiger partial charge is 0.134 e. The maximum absolute atomic E-state index is 10.5. The Morgan fingerprint density at radius 3 is 2.81 bits per heavy atom. The summed E-state index contributed by atoms with van der Waals surface area (Å²) in [5.74, 6) is 0.919. The first-order valence-electron chi connectivity index (χ1n) is 7.71. The Balaban J connectivity index is 1.67. The van der Waals surface area contributed by atoms with Gasteiger partial charge in [-0.05, 0) is 44.0 Å². The molecule has 1 aliphatic carbocycles. The Bertz CT molecular complexity index is 616.